The first-order chi connectivity index (χ1) is 27.6. The summed E-state index contributed by atoms with van der Waals surface area (Å²) >= 11 is 0. The van der Waals surface area contributed by atoms with Crippen molar-refractivity contribution in [2.75, 3.05) is 19.7 Å². The zero-order valence-corrected chi connectivity index (χ0v) is 34.4. The number of amides is 7. The number of nitrogens with one attached hydrogen (secondary N) is 6. The van der Waals surface area contributed by atoms with Gasteiger partial charge in [0.15, 0.2) is 0 Å². The number of carbonyl (C=O) groups is 11. The summed E-state index contributed by atoms with van der Waals surface area (Å²) in [4.78, 5) is 141. The number of carboxylic acids is 2. The van der Waals surface area contributed by atoms with Crippen LogP contribution in [0.4, 0.5) is 0 Å². The molecule has 21 heteroatoms. The van der Waals surface area contributed by atoms with E-state index in [2.05, 4.69) is 38.5 Å². The van der Waals surface area contributed by atoms with E-state index in [4.69, 9.17) is 9.84 Å². The fourth-order valence-electron chi connectivity index (χ4n) is 6.04. The zero-order valence-electron chi connectivity index (χ0n) is 34.4. The normalized spacial score (nSPS) is 16.0. The molecule has 0 radical (unpaired) electrons. The zero-order chi connectivity index (χ0) is 45.0. The molecule has 1 saturated heterocycles. The average Bonchev–Trinajstić information content (AvgIpc) is 3.66. The summed E-state index contributed by atoms with van der Waals surface area (Å²) in [5.74, 6) is -11.4. The minimum Gasteiger partial charge on any atom is -0.481 e. The molecule has 0 aromatic heterocycles. The van der Waals surface area contributed by atoms with Crippen LogP contribution in [0.3, 0.4) is 0 Å². The topological polar surface area (TPSA) is 313 Å². The minimum absolute atomic E-state index is 0.0774. The molecule has 1 rings (SSSR count). The molecule has 1 aliphatic rings. The molecular formula is C38H59N7O14. The van der Waals surface area contributed by atoms with Crippen molar-refractivity contribution in [3.05, 3.63) is 12.7 Å². The van der Waals surface area contributed by atoms with Gasteiger partial charge in [-0.2, -0.15) is 0 Å². The van der Waals surface area contributed by atoms with Crippen LogP contribution in [0.15, 0.2) is 12.7 Å². The van der Waals surface area contributed by atoms with Gasteiger partial charge in [-0.05, 0) is 43.9 Å². The van der Waals surface area contributed by atoms with Crippen LogP contribution < -0.4 is 31.9 Å². The van der Waals surface area contributed by atoms with Crippen molar-refractivity contribution in [3.8, 4) is 0 Å². The lowest BCUT2D eigenvalue weighted by Gasteiger charge is -2.33. The Labute approximate surface area is 342 Å². The van der Waals surface area contributed by atoms with Gasteiger partial charge < -0.3 is 51.8 Å². The summed E-state index contributed by atoms with van der Waals surface area (Å²) in [7, 11) is 0. The molecule has 0 bridgehead atoms. The first-order valence-corrected chi connectivity index (χ1v) is 19.5. The maximum Gasteiger partial charge on any atom is 0.325 e. The number of likely N-dealkylation sites (tertiary alicyclic amines) is 1. The van der Waals surface area contributed by atoms with Gasteiger partial charge in [0.25, 0.3) is 5.91 Å². The maximum atomic E-state index is 14.0. The Hall–Kier alpha value is -5.89. The van der Waals surface area contributed by atoms with E-state index in [9.17, 15) is 57.8 Å². The van der Waals surface area contributed by atoms with Crippen molar-refractivity contribution >= 4 is 65.0 Å². The smallest absolute Gasteiger partial charge is 0.325 e. The molecule has 1 aliphatic heterocycles. The van der Waals surface area contributed by atoms with E-state index in [-0.39, 0.29) is 32.4 Å². The third-order valence-electron chi connectivity index (χ3n) is 9.13. The first kappa shape index (κ1) is 51.1. The molecule has 1 heterocycles. The number of aliphatic carboxylic acids is 2. The third kappa shape index (κ3) is 17.6. The highest BCUT2D eigenvalue weighted by Gasteiger charge is 2.41. The van der Waals surface area contributed by atoms with E-state index in [1.165, 1.54) is 11.0 Å². The summed E-state index contributed by atoms with van der Waals surface area (Å²) in [6, 6.07) is -7.79. The Bertz CT molecular complexity index is 1580. The van der Waals surface area contributed by atoms with Gasteiger partial charge in [0.2, 0.25) is 41.2 Å². The molecule has 330 valence electrons. The summed E-state index contributed by atoms with van der Waals surface area (Å²) < 4.78 is 4.77. The number of ether oxygens (including phenoxy) is 1. The molecule has 1 fully saturated rings. The molecule has 0 aliphatic carbocycles. The number of hydrogen-bond acceptors (Lipinski definition) is 12. The van der Waals surface area contributed by atoms with Crippen LogP contribution in [0.5, 0.6) is 0 Å². The highest BCUT2D eigenvalue weighted by atomic mass is 16.5. The molecule has 21 nitrogen and oxygen atoms in total. The first-order valence-electron chi connectivity index (χ1n) is 19.5. The van der Waals surface area contributed by atoms with Crippen LogP contribution in [0.25, 0.3) is 0 Å². The number of nitrogens with zero attached hydrogens (tertiary/aromatic N) is 1. The standard InChI is InChI=1S/C38H59N7O14/c1-8-11-23(32(52)37(57)39-19-29(51)59-18-9-2)41-35(55)26-12-10-17-45(26)38(58)31(21(5)6)44-36(56)30(20(3)4)43-34(54)25(14-16-28(49)50)42-33(53)24(40-22(7)46)13-15-27(47)48/h9,20-21,23-26,30-31H,2,8,10-19H2,1,3-7H3,(H,39,57)(H,40,46)(H,41,55)(H,42,53)(H,43,54)(H,44,56)(H,47,48)(H,49,50)/t23-,24-,25-,26-,30-,31-/m0/s1. The molecule has 0 unspecified atom stereocenters. The van der Waals surface area contributed by atoms with Gasteiger partial charge in [0, 0.05) is 26.3 Å². The Balaban J connectivity index is 3.20. The van der Waals surface area contributed by atoms with E-state index in [0.29, 0.717) is 12.8 Å². The third-order valence-corrected chi connectivity index (χ3v) is 9.13. The molecule has 0 spiro atoms. The van der Waals surface area contributed by atoms with Crippen LogP contribution in [-0.4, -0.2) is 136 Å². The van der Waals surface area contributed by atoms with E-state index in [1.807, 2.05) is 0 Å². The van der Waals surface area contributed by atoms with Gasteiger partial charge >= 0.3 is 17.9 Å². The van der Waals surface area contributed by atoms with Crippen LogP contribution >= 0.6 is 0 Å². The highest BCUT2D eigenvalue weighted by molar-refractivity contribution is 6.38. The molecule has 0 aromatic carbocycles. The number of hydrogen-bond donors (Lipinski definition) is 8. The van der Waals surface area contributed by atoms with Crippen LogP contribution in [0.1, 0.15) is 92.9 Å². The predicted octanol–water partition coefficient (Wildman–Crippen LogP) is -1.32. The second kappa shape index (κ2) is 25.5. The van der Waals surface area contributed by atoms with E-state index >= 15 is 0 Å². The number of carbonyl (C=O) groups excluding carboxylic acids is 9. The second-order valence-electron chi connectivity index (χ2n) is 14.7. The van der Waals surface area contributed by atoms with Crippen LogP contribution in [-0.2, 0) is 57.5 Å². The molecule has 59 heavy (non-hydrogen) atoms. The summed E-state index contributed by atoms with van der Waals surface area (Å²) in [6.45, 7) is 12.1. The van der Waals surface area contributed by atoms with Gasteiger partial charge in [-0.25, -0.2) is 0 Å². The van der Waals surface area contributed by atoms with Gasteiger partial charge in [0.1, 0.15) is 43.4 Å². The quantitative estimate of drug-likeness (QED) is 0.0285. The van der Waals surface area contributed by atoms with Crippen molar-refractivity contribution < 1.29 is 67.7 Å². The Morgan fingerprint density at radius 3 is 1.80 bits per heavy atom. The lowest BCUT2D eigenvalue weighted by atomic mass is 9.98. The van der Waals surface area contributed by atoms with Gasteiger partial charge in [0.05, 0.1) is 6.04 Å². The van der Waals surface area contributed by atoms with Gasteiger partial charge in [-0.3, -0.25) is 52.7 Å². The van der Waals surface area contributed by atoms with E-state index in [0.717, 1.165) is 6.92 Å². The van der Waals surface area contributed by atoms with Gasteiger partial charge in [-0.15, -0.1) is 0 Å². The molecular weight excluding hydrogens is 778 g/mol. The number of Topliss-reactive ketones (excluding diaryl/α,β-unsaturated/α-hetero) is 1. The van der Waals surface area contributed by atoms with Crippen molar-refractivity contribution in [3.63, 3.8) is 0 Å². The Morgan fingerprint density at radius 2 is 1.29 bits per heavy atom. The van der Waals surface area contributed by atoms with Crippen molar-refractivity contribution in [1.29, 1.82) is 0 Å². The maximum absolute atomic E-state index is 14.0. The monoisotopic (exact) mass is 837 g/mol. The number of ketones is 1. The lowest BCUT2D eigenvalue weighted by molar-refractivity contribution is -0.146. The fourth-order valence-corrected chi connectivity index (χ4v) is 6.04. The lowest BCUT2D eigenvalue weighted by Crippen LogP contribution is -2.61. The molecule has 7 amide bonds. The summed E-state index contributed by atoms with van der Waals surface area (Å²) in [5, 5.41) is 32.9. The molecule has 8 N–H and O–H groups in total. The van der Waals surface area contributed by atoms with E-state index in [1.54, 1.807) is 34.6 Å². The predicted molar refractivity (Wildman–Crippen MR) is 208 cm³/mol. The highest BCUT2D eigenvalue weighted by Crippen LogP contribution is 2.21. The van der Waals surface area contributed by atoms with Crippen LogP contribution in [0, 0.1) is 11.8 Å². The second-order valence-corrected chi connectivity index (χ2v) is 14.7. The Kier molecular flexibility index (Phi) is 22.1. The Morgan fingerprint density at radius 1 is 0.746 bits per heavy atom. The SMILES string of the molecule is C=CCOC(=O)CNC(=O)C(=O)[C@H](CCC)NC(=O)[C@@H]1CCCN1C(=O)[C@@H](NC(=O)[C@@H](NC(=O)[C@H](CCC(=O)O)NC(=O)[C@H](CCC(=O)O)NC(C)=O)C(C)C)C(C)C. The summed E-state index contributed by atoms with van der Waals surface area (Å²) in [6.07, 6.45) is 0.544. The summed E-state index contributed by atoms with van der Waals surface area (Å²) in [5.41, 5.74) is 0. The number of esters is 1. The average molecular weight is 838 g/mol. The largest absolute Gasteiger partial charge is 0.481 e. The van der Waals surface area contributed by atoms with Crippen molar-refractivity contribution in [2.24, 2.45) is 11.8 Å². The molecule has 0 saturated carbocycles. The fraction of sp³-hybridized carbons (Fsp3) is 0.658. The number of rotatable bonds is 26. The molecule has 6 atom stereocenters. The van der Waals surface area contributed by atoms with E-state index < -0.39 is 139 Å². The van der Waals surface area contributed by atoms with Crippen molar-refractivity contribution in [2.45, 2.75) is 129 Å². The van der Waals surface area contributed by atoms with Gasteiger partial charge in [-0.1, -0.05) is 53.7 Å². The molecule has 0 aromatic rings. The van der Waals surface area contributed by atoms with Crippen molar-refractivity contribution in [1.82, 2.24) is 36.8 Å². The minimum atomic E-state index is -1.53. The number of carboxylic acid groups (broad SMARTS) is 2. The van der Waals surface area contributed by atoms with Crippen LogP contribution in [0.2, 0.25) is 0 Å².